The van der Waals surface area contributed by atoms with Gasteiger partial charge in [0.25, 0.3) is 0 Å². The van der Waals surface area contributed by atoms with Crippen molar-refractivity contribution in [3.63, 3.8) is 0 Å². The lowest BCUT2D eigenvalue weighted by molar-refractivity contribution is 0.134. The highest BCUT2D eigenvalue weighted by Crippen LogP contribution is 2.15. The van der Waals surface area contributed by atoms with Crippen LogP contribution in [0, 0.1) is 0 Å². The molecule has 0 radical (unpaired) electrons. The summed E-state index contributed by atoms with van der Waals surface area (Å²) in [6, 6.07) is 16.7. The van der Waals surface area contributed by atoms with E-state index in [1.54, 1.807) is 0 Å². The van der Waals surface area contributed by atoms with E-state index in [4.69, 9.17) is 9.47 Å². The van der Waals surface area contributed by atoms with Gasteiger partial charge in [0.1, 0.15) is 12.4 Å². The second kappa shape index (κ2) is 7.71. The number of aryl methyl sites for hydroxylation is 1. The molecule has 0 heterocycles. The molecule has 20 heavy (non-hydrogen) atoms. The van der Waals surface area contributed by atoms with Crippen molar-refractivity contribution in [1.82, 2.24) is 0 Å². The molecule has 0 amide bonds. The van der Waals surface area contributed by atoms with Crippen LogP contribution in [0.3, 0.4) is 0 Å². The minimum Gasteiger partial charge on any atom is -0.489 e. The molecule has 0 atom stereocenters. The third-order valence-electron chi connectivity index (χ3n) is 3.23. The van der Waals surface area contributed by atoms with Crippen molar-refractivity contribution in [2.24, 2.45) is 0 Å². The molecule has 0 aliphatic heterocycles. The molecule has 2 aromatic rings. The van der Waals surface area contributed by atoms with Crippen LogP contribution in [0.2, 0.25) is 0 Å². The van der Waals surface area contributed by atoms with Crippen LogP contribution in [0.1, 0.15) is 30.5 Å². The topological polar surface area (TPSA) is 18.5 Å². The Kier molecular flexibility index (Phi) is 5.63. The van der Waals surface area contributed by atoms with Crippen LogP contribution in [0.25, 0.3) is 0 Å². The summed E-state index contributed by atoms with van der Waals surface area (Å²) in [6.07, 6.45) is 1.07. The summed E-state index contributed by atoms with van der Waals surface area (Å²) in [4.78, 5) is 0. The largest absolute Gasteiger partial charge is 0.489 e. The number of hydrogen-bond donors (Lipinski definition) is 0. The Morgan fingerprint density at radius 2 is 1.25 bits per heavy atom. The highest BCUT2D eigenvalue weighted by molar-refractivity contribution is 5.28. The van der Waals surface area contributed by atoms with Gasteiger partial charge < -0.3 is 9.47 Å². The third-order valence-corrected chi connectivity index (χ3v) is 3.23. The molecular weight excluding hydrogens is 248 g/mol. The van der Waals surface area contributed by atoms with Crippen molar-refractivity contribution in [3.8, 4) is 5.75 Å². The van der Waals surface area contributed by atoms with Crippen LogP contribution in [-0.4, -0.2) is 6.61 Å². The zero-order chi connectivity index (χ0) is 14.2. The summed E-state index contributed by atoms with van der Waals surface area (Å²) in [5, 5.41) is 0. The monoisotopic (exact) mass is 270 g/mol. The summed E-state index contributed by atoms with van der Waals surface area (Å²) < 4.78 is 11.2. The fraction of sp³-hybridized carbons (Fsp3) is 0.333. The van der Waals surface area contributed by atoms with Gasteiger partial charge in [-0.3, -0.25) is 0 Å². The highest BCUT2D eigenvalue weighted by Gasteiger charge is 1.98. The van der Waals surface area contributed by atoms with E-state index in [9.17, 15) is 0 Å². The Bertz CT molecular complexity index is 500. The average Bonchev–Trinajstić information content (AvgIpc) is 2.52. The summed E-state index contributed by atoms with van der Waals surface area (Å²) in [5.74, 6) is 0.893. The zero-order valence-corrected chi connectivity index (χ0v) is 12.3. The van der Waals surface area contributed by atoms with Gasteiger partial charge in [0.15, 0.2) is 0 Å². The molecule has 0 N–H and O–H groups in total. The van der Waals surface area contributed by atoms with Crippen LogP contribution in [0.4, 0.5) is 0 Å². The first-order valence-electron chi connectivity index (χ1n) is 7.19. The standard InChI is InChI=1S/C18H22O2/c1-3-15-5-7-17(8-6-15)14-20-18-11-9-16(10-12-18)13-19-4-2/h5-12H,3-4,13-14H2,1-2H3. The molecule has 0 unspecified atom stereocenters. The molecule has 0 spiro atoms. The number of rotatable bonds is 7. The molecule has 2 aromatic carbocycles. The minimum absolute atomic E-state index is 0.606. The van der Waals surface area contributed by atoms with E-state index in [0.29, 0.717) is 13.2 Å². The van der Waals surface area contributed by atoms with Gasteiger partial charge in [0, 0.05) is 6.61 Å². The molecule has 0 saturated heterocycles. The summed E-state index contributed by atoms with van der Waals surface area (Å²) >= 11 is 0. The fourth-order valence-corrected chi connectivity index (χ4v) is 1.94. The second-order valence-corrected chi connectivity index (χ2v) is 4.74. The number of ether oxygens (including phenoxy) is 2. The second-order valence-electron chi connectivity index (χ2n) is 4.74. The average molecular weight is 270 g/mol. The van der Waals surface area contributed by atoms with Gasteiger partial charge in [0.2, 0.25) is 0 Å². The van der Waals surface area contributed by atoms with Gasteiger partial charge in [-0.05, 0) is 42.2 Å². The molecule has 0 bridgehead atoms. The first kappa shape index (κ1) is 14.6. The summed E-state index contributed by atoms with van der Waals surface area (Å²) in [7, 11) is 0. The molecule has 0 fully saturated rings. The first-order chi connectivity index (χ1) is 9.81. The normalized spacial score (nSPS) is 10.5. The smallest absolute Gasteiger partial charge is 0.119 e. The number of hydrogen-bond acceptors (Lipinski definition) is 2. The third kappa shape index (κ3) is 4.39. The molecule has 0 aliphatic carbocycles. The minimum atomic E-state index is 0.606. The van der Waals surface area contributed by atoms with Crippen molar-refractivity contribution >= 4 is 0 Å². The zero-order valence-electron chi connectivity index (χ0n) is 12.3. The van der Waals surface area contributed by atoms with Gasteiger partial charge in [0.05, 0.1) is 6.61 Å². The molecule has 106 valence electrons. The van der Waals surface area contributed by atoms with E-state index in [0.717, 1.165) is 18.8 Å². The van der Waals surface area contributed by atoms with Gasteiger partial charge in [-0.15, -0.1) is 0 Å². The maximum absolute atomic E-state index is 5.78. The van der Waals surface area contributed by atoms with Crippen molar-refractivity contribution in [1.29, 1.82) is 0 Å². The predicted octanol–water partition coefficient (Wildman–Crippen LogP) is 4.36. The van der Waals surface area contributed by atoms with Gasteiger partial charge >= 0.3 is 0 Å². The lowest BCUT2D eigenvalue weighted by Gasteiger charge is -2.08. The lowest BCUT2D eigenvalue weighted by atomic mass is 10.1. The fourth-order valence-electron chi connectivity index (χ4n) is 1.94. The van der Waals surface area contributed by atoms with Crippen molar-refractivity contribution in [2.45, 2.75) is 33.5 Å². The molecule has 2 rings (SSSR count). The van der Waals surface area contributed by atoms with Gasteiger partial charge in [-0.25, -0.2) is 0 Å². The molecule has 2 heteroatoms. The Morgan fingerprint density at radius 1 is 0.700 bits per heavy atom. The molecule has 2 nitrogen and oxygen atoms in total. The summed E-state index contributed by atoms with van der Waals surface area (Å²) in [5.41, 5.74) is 3.72. The van der Waals surface area contributed by atoms with Crippen LogP contribution in [0.15, 0.2) is 48.5 Å². The molecule has 0 aromatic heterocycles. The maximum atomic E-state index is 5.78. The van der Waals surface area contributed by atoms with Crippen molar-refractivity contribution in [3.05, 3.63) is 65.2 Å². The Labute approximate surface area is 121 Å². The Hall–Kier alpha value is -1.80. The van der Waals surface area contributed by atoms with Crippen LogP contribution in [0.5, 0.6) is 5.75 Å². The van der Waals surface area contributed by atoms with E-state index in [2.05, 4.69) is 31.2 Å². The van der Waals surface area contributed by atoms with E-state index in [1.807, 2.05) is 31.2 Å². The van der Waals surface area contributed by atoms with E-state index in [-0.39, 0.29) is 0 Å². The SMILES string of the molecule is CCOCc1ccc(OCc2ccc(CC)cc2)cc1. The highest BCUT2D eigenvalue weighted by atomic mass is 16.5. The van der Waals surface area contributed by atoms with E-state index >= 15 is 0 Å². The van der Waals surface area contributed by atoms with Gasteiger partial charge in [-0.2, -0.15) is 0 Å². The van der Waals surface area contributed by atoms with Crippen molar-refractivity contribution < 1.29 is 9.47 Å². The molecular formula is C18H22O2. The van der Waals surface area contributed by atoms with Crippen molar-refractivity contribution in [2.75, 3.05) is 6.61 Å². The number of benzene rings is 2. The lowest BCUT2D eigenvalue weighted by Crippen LogP contribution is -1.96. The Balaban J connectivity index is 1.86. The summed E-state index contributed by atoms with van der Waals surface area (Å²) in [6.45, 7) is 6.17. The van der Waals surface area contributed by atoms with Crippen LogP contribution < -0.4 is 4.74 Å². The Morgan fingerprint density at radius 3 is 1.85 bits per heavy atom. The van der Waals surface area contributed by atoms with Gasteiger partial charge in [-0.1, -0.05) is 43.3 Å². The molecule has 0 saturated carbocycles. The van der Waals surface area contributed by atoms with E-state index < -0.39 is 0 Å². The quantitative estimate of drug-likeness (QED) is 0.744. The first-order valence-corrected chi connectivity index (χ1v) is 7.19. The van der Waals surface area contributed by atoms with Crippen LogP contribution in [-0.2, 0) is 24.4 Å². The van der Waals surface area contributed by atoms with Crippen LogP contribution >= 0.6 is 0 Å². The maximum Gasteiger partial charge on any atom is 0.119 e. The van der Waals surface area contributed by atoms with E-state index in [1.165, 1.54) is 16.7 Å². The predicted molar refractivity (Wildman–Crippen MR) is 81.9 cm³/mol. The molecule has 0 aliphatic rings.